The van der Waals surface area contributed by atoms with Gasteiger partial charge in [0.05, 0.1) is 0 Å². The first-order valence-corrected chi connectivity index (χ1v) is 10.2. The molecule has 0 unspecified atom stereocenters. The molecule has 1 saturated heterocycles. The van der Waals surface area contributed by atoms with Crippen LogP contribution in [0.5, 0.6) is 0 Å². The summed E-state index contributed by atoms with van der Waals surface area (Å²) in [6.07, 6.45) is 11.0. The lowest BCUT2D eigenvalue weighted by Crippen LogP contribution is -2.27. The van der Waals surface area contributed by atoms with E-state index in [1.165, 1.54) is 51.4 Å². The topological polar surface area (TPSA) is 36.9 Å². The molecule has 5 heteroatoms. The summed E-state index contributed by atoms with van der Waals surface area (Å²) < 4.78 is 21.1. The zero-order valence-electron chi connectivity index (χ0n) is 14.4. The molecule has 128 valence electrons. The molecule has 0 saturated carbocycles. The van der Waals surface area contributed by atoms with Crippen molar-refractivity contribution in [3.8, 4) is 0 Å². The van der Waals surface area contributed by atoms with E-state index in [1.807, 2.05) is 20.8 Å². The van der Waals surface area contributed by atoms with Crippen molar-refractivity contribution in [2.24, 2.45) is 0 Å². The van der Waals surface area contributed by atoms with Crippen LogP contribution in [0.25, 0.3) is 0 Å². The molecule has 4 nitrogen and oxygen atoms in total. The molecule has 0 N–H and O–H groups in total. The van der Waals surface area contributed by atoms with E-state index < -0.39 is 9.53 Å². The average Bonchev–Trinajstić information content (AvgIpc) is 2.55. The maximum Gasteiger partial charge on any atom is 0.484 e. The van der Waals surface area contributed by atoms with Crippen LogP contribution in [0.1, 0.15) is 72.1 Å². The van der Waals surface area contributed by atoms with E-state index in [0.717, 1.165) is 13.2 Å². The van der Waals surface area contributed by atoms with Crippen molar-refractivity contribution in [2.45, 2.75) is 72.1 Å². The van der Waals surface area contributed by atoms with Gasteiger partial charge in [-0.25, -0.2) is 0 Å². The third-order valence-corrected chi connectivity index (χ3v) is 5.05. The zero-order chi connectivity index (χ0) is 15.6. The van der Waals surface area contributed by atoms with Crippen LogP contribution in [-0.2, 0) is 18.0 Å². The molecule has 21 heavy (non-hydrogen) atoms. The van der Waals surface area contributed by atoms with Crippen LogP contribution in [0.3, 0.4) is 0 Å². The Bertz CT molecular complexity index is 141. The number of rotatable bonds is 6. The first-order valence-electron chi connectivity index (χ1n) is 8.77. The SMILES string of the molecule is C1CCCCCOCCCC1.CCO[SiH](OCC)OCC. The number of hydrogen-bond donors (Lipinski definition) is 0. The third-order valence-electron chi connectivity index (χ3n) is 3.24. The van der Waals surface area contributed by atoms with E-state index in [0.29, 0.717) is 19.8 Å². The molecule has 1 rings (SSSR count). The Morgan fingerprint density at radius 3 is 1.29 bits per heavy atom. The van der Waals surface area contributed by atoms with Gasteiger partial charge in [0.15, 0.2) is 0 Å². The van der Waals surface area contributed by atoms with Crippen LogP contribution < -0.4 is 0 Å². The third kappa shape index (κ3) is 16.3. The molecule has 0 amide bonds. The Morgan fingerprint density at radius 1 is 0.619 bits per heavy atom. The van der Waals surface area contributed by atoms with Gasteiger partial charge in [0.25, 0.3) is 0 Å². The minimum absolute atomic E-state index is 0.677. The molecule has 1 aliphatic rings. The average molecular weight is 321 g/mol. The van der Waals surface area contributed by atoms with Gasteiger partial charge in [0.2, 0.25) is 0 Å². The molecule has 1 heterocycles. The second-order valence-electron chi connectivity index (χ2n) is 5.10. The van der Waals surface area contributed by atoms with Crippen LogP contribution in [-0.4, -0.2) is 42.6 Å². The molecule has 0 spiro atoms. The summed E-state index contributed by atoms with van der Waals surface area (Å²) in [5, 5.41) is 0. The molecule has 0 aliphatic carbocycles. The smallest absolute Gasteiger partial charge is 0.381 e. The predicted octanol–water partition coefficient (Wildman–Crippen LogP) is 3.95. The predicted molar refractivity (Wildman–Crippen MR) is 89.8 cm³/mol. The summed E-state index contributed by atoms with van der Waals surface area (Å²) in [4.78, 5) is 0. The Balaban J connectivity index is 0.000000384. The Kier molecular flexibility index (Phi) is 18.2. The van der Waals surface area contributed by atoms with Gasteiger partial charge >= 0.3 is 9.53 Å². The Morgan fingerprint density at radius 2 is 0.952 bits per heavy atom. The fourth-order valence-corrected chi connectivity index (χ4v) is 3.23. The zero-order valence-corrected chi connectivity index (χ0v) is 15.6. The first-order chi connectivity index (χ1) is 10.3. The van der Waals surface area contributed by atoms with Gasteiger partial charge in [-0.2, -0.15) is 0 Å². The minimum atomic E-state index is -1.73. The molecular formula is C16H36O4Si. The van der Waals surface area contributed by atoms with E-state index in [2.05, 4.69) is 0 Å². The van der Waals surface area contributed by atoms with Gasteiger partial charge in [0, 0.05) is 33.0 Å². The molecule has 1 aliphatic heterocycles. The highest BCUT2D eigenvalue weighted by molar-refractivity contribution is 6.36. The molecule has 0 aromatic heterocycles. The molecule has 0 bridgehead atoms. The van der Waals surface area contributed by atoms with Crippen LogP contribution >= 0.6 is 0 Å². The maximum absolute atomic E-state index is 5.47. The highest BCUT2D eigenvalue weighted by Gasteiger charge is 2.11. The van der Waals surface area contributed by atoms with E-state index in [1.54, 1.807) is 0 Å². The quantitative estimate of drug-likeness (QED) is 0.694. The minimum Gasteiger partial charge on any atom is -0.381 e. The highest BCUT2D eigenvalue weighted by atomic mass is 28.3. The molecule has 1 fully saturated rings. The molecule has 0 aromatic carbocycles. The van der Waals surface area contributed by atoms with Gasteiger partial charge in [-0.1, -0.05) is 38.5 Å². The molecule has 0 aromatic rings. The van der Waals surface area contributed by atoms with Crippen molar-refractivity contribution in [3.63, 3.8) is 0 Å². The van der Waals surface area contributed by atoms with Gasteiger partial charge in [-0.3, -0.25) is 0 Å². The van der Waals surface area contributed by atoms with Gasteiger partial charge in [0.1, 0.15) is 0 Å². The summed E-state index contributed by atoms with van der Waals surface area (Å²) in [5.41, 5.74) is 0. The molecule has 0 atom stereocenters. The Hall–Kier alpha value is 0.0569. The normalized spacial score (nSPS) is 17.7. The van der Waals surface area contributed by atoms with Crippen molar-refractivity contribution < 1.29 is 18.0 Å². The van der Waals surface area contributed by atoms with Crippen LogP contribution in [0.15, 0.2) is 0 Å². The van der Waals surface area contributed by atoms with Crippen LogP contribution in [0.2, 0.25) is 0 Å². The summed E-state index contributed by atoms with van der Waals surface area (Å²) in [7, 11) is -1.73. The van der Waals surface area contributed by atoms with Crippen molar-refractivity contribution in [2.75, 3.05) is 33.0 Å². The summed E-state index contributed by atoms with van der Waals surface area (Å²) in [6, 6.07) is 0. The van der Waals surface area contributed by atoms with E-state index >= 15 is 0 Å². The molecule has 0 radical (unpaired) electrons. The Labute approximate surface area is 133 Å². The maximum atomic E-state index is 5.47. The number of hydrogen-bond acceptors (Lipinski definition) is 4. The number of ether oxygens (including phenoxy) is 1. The lowest BCUT2D eigenvalue weighted by Gasteiger charge is -2.12. The fourth-order valence-electron chi connectivity index (χ4n) is 2.12. The van der Waals surface area contributed by atoms with Crippen molar-refractivity contribution >= 4 is 9.53 Å². The van der Waals surface area contributed by atoms with Crippen LogP contribution in [0.4, 0.5) is 0 Å². The van der Waals surface area contributed by atoms with E-state index in [9.17, 15) is 0 Å². The lowest BCUT2D eigenvalue weighted by molar-refractivity contribution is 0.107. The highest BCUT2D eigenvalue weighted by Crippen LogP contribution is 2.10. The largest absolute Gasteiger partial charge is 0.484 e. The van der Waals surface area contributed by atoms with Crippen LogP contribution in [0, 0.1) is 0 Å². The second kappa shape index (κ2) is 18.1. The summed E-state index contributed by atoms with van der Waals surface area (Å²) in [6.45, 7) is 9.86. The summed E-state index contributed by atoms with van der Waals surface area (Å²) in [5.74, 6) is 0. The second-order valence-corrected chi connectivity index (χ2v) is 6.67. The fraction of sp³-hybridized carbons (Fsp3) is 1.00. The van der Waals surface area contributed by atoms with E-state index in [4.69, 9.17) is 18.0 Å². The monoisotopic (exact) mass is 320 g/mol. The van der Waals surface area contributed by atoms with Gasteiger partial charge in [-0.15, -0.1) is 0 Å². The van der Waals surface area contributed by atoms with Gasteiger partial charge in [-0.05, 0) is 33.6 Å². The molecular weight excluding hydrogens is 284 g/mol. The lowest BCUT2D eigenvalue weighted by atomic mass is 10.1. The van der Waals surface area contributed by atoms with E-state index in [-0.39, 0.29) is 0 Å². The summed E-state index contributed by atoms with van der Waals surface area (Å²) >= 11 is 0. The standard InChI is InChI=1S/C10H20O.C6H16O3Si/c1-2-4-6-8-10-11-9-7-5-3-1;1-4-7-10(8-5-2)9-6-3/h1-10H2;10H,4-6H2,1-3H3. The van der Waals surface area contributed by atoms with Crippen molar-refractivity contribution in [3.05, 3.63) is 0 Å². The first kappa shape index (κ1) is 21.1. The van der Waals surface area contributed by atoms with Gasteiger partial charge < -0.3 is 18.0 Å². The van der Waals surface area contributed by atoms with Crippen molar-refractivity contribution in [1.82, 2.24) is 0 Å². The van der Waals surface area contributed by atoms with Crippen molar-refractivity contribution in [1.29, 1.82) is 0 Å².